The summed E-state index contributed by atoms with van der Waals surface area (Å²) in [5.41, 5.74) is 2.03. The van der Waals surface area contributed by atoms with E-state index in [1.165, 1.54) is 6.33 Å². The Labute approximate surface area is 130 Å². The van der Waals surface area contributed by atoms with Gasteiger partial charge >= 0.3 is 0 Å². The van der Waals surface area contributed by atoms with Gasteiger partial charge in [-0.05, 0) is 24.4 Å². The third-order valence-corrected chi connectivity index (χ3v) is 3.81. The van der Waals surface area contributed by atoms with Gasteiger partial charge in [-0.3, -0.25) is 4.79 Å². The van der Waals surface area contributed by atoms with E-state index in [-0.39, 0.29) is 11.6 Å². The molecule has 3 aromatic heterocycles. The minimum atomic E-state index is -0.137. The Morgan fingerprint density at radius 2 is 2.04 bits per heavy atom. The summed E-state index contributed by atoms with van der Waals surface area (Å²) in [6.07, 6.45) is 3.05. The lowest BCUT2D eigenvalue weighted by Gasteiger charge is -2.15. The average molecular weight is 306 g/mol. The van der Waals surface area contributed by atoms with Gasteiger partial charge in [0.2, 0.25) is 0 Å². The number of nitrogens with one attached hydrogen (secondary N) is 3. The molecule has 0 amide bonds. The number of imidazole rings is 1. The van der Waals surface area contributed by atoms with Crippen molar-refractivity contribution in [3.05, 3.63) is 59.0 Å². The van der Waals surface area contributed by atoms with Crippen molar-refractivity contribution < 1.29 is 0 Å². The summed E-state index contributed by atoms with van der Waals surface area (Å²) in [6, 6.07) is 9.35. The van der Waals surface area contributed by atoms with Gasteiger partial charge in [-0.1, -0.05) is 18.2 Å². The Morgan fingerprint density at radius 1 is 1.17 bits per heavy atom. The summed E-state index contributed by atoms with van der Waals surface area (Å²) >= 11 is 0. The van der Waals surface area contributed by atoms with Gasteiger partial charge in [0.25, 0.3) is 5.56 Å². The Hall–Kier alpha value is -3.22. The first-order chi connectivity index (χ1) is 11.2. The fraction of sp³-hybridized carbons (Fsp3) is 0.125. The summed E-state index contributed by atoms with van der Waals surface area (Å²) in [4.78, 5) is 30.6. The maximum absolute atomic E-state index is 12.2. The summed E-state index contributed by atoms with van der Waals surface area (Å²) in [5.74, 6) is 0.623. The molecule has 1 aromatic carbocycles. The smallest absolute Gasteiger partial charge is 0.256 e. The number of hydrogen-bond donors (Lipinski definition) is 3. The van der Waals surface area contributed by atoms with E-state index in [0.29, 0.717) is 22.4 Å². The third kappa shape index (κ3) is 2.32. The normalized spacial score (nSPS) is 12.6. The Morgan fingerprint density at radius 3 is 2.96 bits per heavy atom. The fourth-order valence-electron chi connectivity index (χ4n) is 2.62. The molecule has 4 aromatic rings. The standard InChI is InChI=1S/C16H14N6O/c1-9(21-15-13-14(18-7-17-13)19-8-20-15)12-6-10-4-2-3-5-11(10)16(23)22-12/h2-9H,1H3,(H,22,23)(H2,17,18,19,20,21)/t9-/m0/s1. The van der Waals surface area contributed by atoms with Gasteiger partial charge in [0.1, 0.15) is 11.8 Å². The molecule has 0 saturated heterocycles. The number of fused-ring (bicyclic) bond motifs is 2. The molecular formula is C16H14N6O. The van der Waals surface area contributed by atoms with Gasteiger partial charge in [0.15, 0.2) is 11.5 Å². The van der Waals surface area contributed by atoms with Crippen LogP contribution < -0.4 is 10.9 Å². The highest BCUT2D eigenvalue weighted by Crippen LogP contribution is 2.21. The predicted molar refractivity (Wildman–Crippen MR) is 88.3 cm³/mol. The molecule has 3 N–H and O–H groups in total. The summed E-state index contributed by atoms with van der Waals surface area (Å²) in [5, 5.41) is 4.87. The van der Waals surface area contributed by atoms with Crippen LogP contribution in [0.5, 0.6) is 0 Å². The second kappa shape index (κ2) is 5.20. The quantitative estimate of drug-likeness (QED) is 0.539. The van der Waals surface area contributed by atoms with E-state index in [1.54, 1.807) is 6.33 Å². The molecule has 0 aliphatic heterocycles. The number of nitrogens with zero attached hydrogens (tertiary/aromatic N) is 3. The van der Waals surface area contributed by atoms with Crippen molar-refractivity contribution in [3.63, 3.8) is 0 Å². The molecule has 0 aliphatic rings. The van der Waals surface area contributed by atoms with Crippen molar-refractivity contribution in [2.75, 3.05) is 5.32 Å². The van der Waals surface area contributed by atoms with E-state index in [1.807, 2.05) is 37.3 Å². The number of H-pyrrole nitrogens is 2. The number of pyridine rings is 1. The zero-order valence-electron chi connectivity index (χ0n) is 12.4. The molecule has 23 heavy (non-hydrogen) atoms. The topological polar surface area (TPSA) is 99.3 Å². The van der Waals surface area contributed by atoms with Crippen LogP contribution in [0.4, 0.5) is 5.82 Å². The largest absolute Gasteiger partial charge is 0.360 e. The Balaban J connectivity index is 1.73. The molecule has 0 fully saturated rings. The highest BCUT2D eigenvalue weighted by molar-refractivity contribution is 5.83. The number of aromatic nitrogens is 5. The van der Waals surface area contributed by atoms with Gasteiger partial charge < -0.3 is 15.3 Å². The summed E-state index contributed by atoms with van der Waals surface area (Å²) < 4.78 is 0. The van der Waals surface area contributed by atoms with E-state index in [2.05, 4.69) is 30.2 Å². The lowest BCUT2D eigenvalue weighted by atomic mass is 10.1. The molecule has 0 radical (unpaired) electrons. The zero-order chi connectivity index (χ0) is 15.8. The van der Waals surface area contributed by atoms with Crippen molar-refractivity contribution in [3.8, 4) is 0 Å². The second-order valence-electron chi connectivity index (χ2n) is 5.33. The van der Waals surface area contributed by atoms with Crippen LogP contribution in [0.15, 0.2) is 47.8 Å². The van der Waals surface area contributed by atoms with Gasteiger partial charge in [0.05, 0.1) is 12.4 Å². The monoisotopic (exact) mass is 306 g/mol. The van der Waals surface area contributed by atoms with E-state index in [0.717, 1.165) is 11.1 Å². The number of aromatic amines is 2. The van der Waals surface area contributed by atoms with Crippen LogP contribution in [0.1, 0.15) is 18.7 Å². The van der Waals surface area contributed by atoms with Crippen molar-refractivity contribution in [2.45, 2.75) is 13.0 Å². The van der Waals surface area contributed by atoms with E-state index >= 15 is 0 Å². The SMILES string of the molecule is C[C@H](Nc1ncnc2[nH]cnc12)c1cc2ccccc2c(=O)[nH]1. The van der Waals surface area contributed by atoms with Crippen molar-refractivity contribution in [1.29, 1.82) is 0 Å². The van der Waals surface area contributed by atoms with Gasteiger partial charge in [0, 0.05) is 11.1 Å². The molecule has 4 rings (SSSR count). The van der Waals surface area contributed by atoms with Gasteiger partial charge in [-0.15, -0.1) is 0 Å². The Bertz CT molecular complexity index is 1050. The van der Waals surface area contributed by atoms with Crippen molar-refractivity contribution >= 4 is 27.8 Å². The molecule has 0 saturated carbocycles. The molecule has 7 nitrogen and oxygen atoms in total. The molecule has 0 unspecified atom stereocenters. The third-order valence-electron chi connectivity index (χ3n) is 3.81. The fourth-order valence-corrected chi connectivity index (χ4v) is 2.62. The maximum atomic E-state index is 12.2. The lowest BCUT2D eigenvalue weighted by molar-refractivity contribution is 0.830. The van der Waals surface area contributed by atoms with Crippen LogP contribution in [0.25, 0.3) is 21.9 Å². The zero-order valence-corrected chi connectivity index (χ0v) is 12.4. The number of benzene rings is 1. The maximum Gasteiger partial charge on any atom is 0.256 e. The minimum absolute atomic E-state index is 0.0978. The van der Waals surface area contributed by atoms with Crippen molar-refractivity contribution in [1.82, 2.24) is 24.9 Å². The first kappa shape index (κ1) is 13.4. The molecule has 0 spiro atoms. The van der Waals surface area contributed by atoms with Gasteiger partial charge in [-0.2, -0.15) is 0 Å². The number of rotatable bonds is 3. The molecule has 0 bridgehead atoms. The molecule has 7 heteroatoms. The highest BCUT2D eigenvalue weighted by atomic mass is 16.1. The van der Waals surface area contributed by atoms with E-state index < -0.39 is 0 Å². The number of anilines is 1. The molecule has 0 aliphatic carbocycles. The first-order valence-electron chi connectivity index (χ1n) is 7.25. The molecule has 3 heterocycles. The van der Waals surface area contributed by atoms with Crippen molar-refractivity contribution in [2.24, 2.45) is 0 Å². The summed E-state index contributed by atoms with van der Waals surface area (Å²) in [6.45, 7) is 1.96. The van der Waals surface area contributed by atoms with E-state index in [4.69, 9.17) is 0 Å². The van der Waals surface area contributed by atoms with Crippen LogP contribution >= 0.6 is 0 Å². The molecule has 114 valence electrons. The molecular weight excluding hydrogens is 292 g/mol. The first-order valence-corrected chi connectivity index (χ1v) is 7.25. The molecule has 1 atom stereocenters. The van der Waals surface area contributed by atoms with Crippen LogP contribution in [0.3, 0.4) is 0 Å². The van der Waals surface area contributed by atoms with Crippen LogP contribution in [0, 0.1) is 0 Å². The predicted octanol–water partition coefficient (Wildman–Crippen LogP) is 2.37. The number of hydrogen-bond acceptors (Lipinski definition) is 5. The van der Waals surface area contributed by atoms with Crippen LogP contribution in [-0.2, 0) is 0 Å². The van der Waals surface area contributed by atoms with Crippen LogP contribution in [-0.4, -0.2) is 24.9 Å². The Kier molecular flexibility index (Phi) is 3.04. The highest BCUT2D eigenvalue weighted by Gasteiger charge is 2.12. The minimum Gasteiger partial charge on any atom is -0.360 e. The lowest BCUT2D eigenvalue weighted by Crippen LogP contribution is -2.16. The second-order valence-corrected chi connectivity index (χ2v) is 5.33. The van der Waals surface area contributed by atoms with E-state index in [9.17, 15) is 4.79 Å². The van der Waals surface area contributed by atoms with Gasteiger partial charge in [-0.25, -0.2) is 15.0 Å². The average Bonchev–Trinajstić information content (AvgIpc) is 3.04. The summed E-state index contributed by atoms with van der Waals surface area (Å²) in [7, 11) is 0. The van der Waals surface area contributed by atoms with Crippen LogP contribution in [0.2, 0.25) is 0 Å².